The number of phenols is 1. The zero-order chi connectivity index (χ0) is 29.0. The smallest absolute Gasteiger partial charge is 0.298 e. The van der Waals surface area contributed by atoms with Crippen LogP contribution in [0.4, 0.5) is 11.4 Å². The van der Waals surface area contributed by atoms with Crippen LogP contribution in [0.15, 0.2) is 67.4 Å². The van der Waals surface area contributed by atoms with Crippen molar-refractivity contribution in [2.75, 3.05) is 6.61 Å². The minimum absolute atomic E-state index is 0.0884. The van der Waals surface area contributed by atoms with E-state index in [1.54, 1.807) is 0 Å². The van der Waals surface area contributed by atoms with Gasteiger partial charge in [0.25, 0.3) is 30.4 Å². The Labute approximate surface area is 225 Å². The molecule has 0 aromatic heterocycles. The molecule has 0 radical (unpaired) electrons. The number of phenolic OH excluding ortho intramolecular Hbond substituents is 1. The quantitative estimate of drug-likeness (QED) is 0.0480. The molecular formula is C19H18N2O14S4. The summed E-state index contributed by atoms with van der Waals surface area (Å²) < 4.78 is 108. The summed E-state index contributed by atoms with van der Waals surface area (Å²) in [5.74, 6) is -1.09. The summed E-state index contributed by atoms with van der Waals surface area (Å²) >= 11 is 0.357. The third kappa shape index (κ3) is 7.89. The highest BCUT2D eigenvalue weighted by Gasteiger charge is 2.23. The van der Waals surface area contributed by atoms with Crippen molar-refractivity contribution in [3.05, 3.63) is 48.0 Å². The molecule has 0 spiro atoms. The maximum Gasteiger partial charge on any atom is 0.298 e. The lowest BCUT2D eigenvalue weighted by Crippen LogP contribution is -2.01. The van der Waals surface area contributed by atoms with Crippen molar-refractivity contribution >= 4 is 64.8 Å². The number of nitrogens with zero attached hydrogens (tertiary/aromatic N) is 2. The van der Waals surface area contributed by atoms with E-state index in [9.17, 15) is 44.0 Å². The van der Waals surface area contributed by atoms with Gasteiger partial charge in [-0.25, -0.2) is 5.26 Å². The van der Waals surface area contributed by atoms with Gasteiger partial charge >= 0.3 is 0 Å². The summed E-state index contributed by atoms with van der Waals surface area (Å²) in [5, 5.41) is 29.0. The normalized spacial score (nSPS) is 12.9. The number of aromatic hydroxyl groups is 1. The molecule has 0 bridgehead atoms. The van der Waals surface area contributed by atoms with Gasteiger partial charge in [-0.1, -0.05) is 17.2 Å². The first-order valence-corrected chi connectivity index (χ1v) is 15.1. The Kier molecular flexibility index (Phi) is 9.61. The number of benzene rings is 3. The molecule has 0 saturated carbocycles. The Hall–Kier alpha value is -2.76. The van der Waals surface area contributed by atoms with Crippen molar-refractivity contribution in [2.45, 2.75) is 27.5 Å². The molecule has 3 aromatic rings. The second kappa shape index (κ2) is 12.2. The van der Waals surface area contributed by atoms with Crippen molar-refractivity contribution in [3.8, 4) is 5.75 Å². The first-order chi connectivity index (χ1) is 18.1. The fraction of sp³-hybridized carbons (Fsp3) is 0.158. The molecular weight excluding hydrogens is 608 g/mol. The zero-order valence-electron chi connectivity index (χ0n) is 19.1. The predicted octanol–water partition coefficient (Wildman–Crippen LogP) is 3.63. The van der Waals surface area contributed by atoms with Crippen molar-refractivity contribution in [1.29, 1.82) is 0 Å². The van der Waals surface area contributed by atoms with Gasteiger partial charge in [0.1, 0.15) is 21.2 Å². The van der Waals surface area contributed by atoms with E-state index in [-0.39, 0.29) is 23.8 Å². The highest BCUT2D eigenvalue weighted by atomic mass is 32.2. The van der Waals surface area contributed by atoms with Gasteiger partial charge in [-0.05, 0) is 54.1 Å². The van der Waals surface area contributed by atoms with Gasteiger partial charge in [0.05, 0.1) is 11.5 Å². The van der Waals surface area contributed by atoms with Gasteiger partial charge in [-0.15, -0.1) is 14.6 Å². The van der Waals surface area contributed by atoms with Crippen LogP contribution in [0.3, 0.4) is 0 Å². The lowest BCUT2D eigenvalue weighted by atomic mass is 10.1. The molecule has 16 nitrogen and oxygen atoms in total. The molecule has 0 atom stereocenters. The highest BCUT2D eigenvalue weighted by molar-refractivity contribution is 7.89. The van der Waals surface area contributed by atoms with Gasteiger partial charge in [-0.2, -0.15) is 25.3 Å². The van der Waals surface area contributed by atoms with E-state index in [1.165, 1.54) is 12.1 Å². The Morgan fingerprint density at radius 1 is 0.821 bits per heavy atom. The van der Waals surface area contributed by atoms with E-state index in [0.29, 0.717) is 24.3 Å². The number of hydrogen-bond donors (Lipinski definition) is 5. The first-order valence-electron chi connectivity index (χ1n) is 10.2. The van der Waals surface area contributed by atoms with Crippen molar-refractivity contribution in [2.24, 2.45) is 10.2 Å². The number of aryl methyl sites for hydroxylation is 1. The summed E-state index contributed by atoms with van der Waals surface area (Å²) in [6.07, 6.45) is 0.611. The largest absolute Gasteiger partial charge is 0.504 e. The lowest BCUT2D eigenvalue weighted by molar-refractivity contribution is -0.434. The lowest BCUT2D eigenvalue weighted by Gasteiger charge is -2.10. The van der Waals surface area contributed by atoms with Crippen LogP contribution >= 0.6 is 12.3 Å². The molecule has 39 heavy (non-hydrogen) atoms. The van der Waals surface area contributed by atoms with E-state index >= 15 is 0 Å². The van der Waals surface area contributed by atoms with Gasteiger partial charge < -0.3 is 5.11 Å². The van der Waals surface area contributed by atoms with Gasteiger partial charge in [0.15, 0.2) is 18.1 Å². The average molecular weight is 627 g/mol. The van der Waals surface area contributed by atoms with Crippen LogP contribution in [0, 0.1) is 0 Å². The first kappa shape index (κ1) is 30.8. The number of fused-ring (bicyclic) bond motifs is 1. The van der Waals surface area contributed by atoms with Crippen molar-refractivity contribution in [3.63, 3.8) is 0 Å². The van der Waals surface area contributed by atoms with Crippen LogP contribution in [-0.2, 0) is 50.3 Å². The third-order valence-electron chi connectivity index (χ3n) is 4.96. The number of rotatable bonds is 12. The van der Waals surface area contributed by atoms with Crippen LogP contribution in [0.5, 0.6) is 5.75 Å². The maximum atomic E-state index is 12.0. The molecule has 0 heterocycles. The standard InChI is InChI=1S/C19H18N2O14S4/c22-19-17(39(30,31)32)10-12-9-13(37(24,25)26)4-5-14(12)18(19)21-20-15-6-3-11(8-16(15)38(27,28)29)2-1-7-33-36-35-34-23/h3-6,8-10,22-23H,1-2,7H2,(H,24,25,26)(H,27,28,29)(H,30,31,32). The molecule has 5 N–H and O–H groups in total. The monoisotopic (exact) mass is 626 g/mol. The molecule has 0 unspecified atom stereocenters. The average Bonchev–Trinajstić information content (AvgIpc) is 2.83. The second-order valence-corrected chi connectivity index (χ2v) is 12.2. The molecule has 0 aliphatic rings. The van der Waals surface area contributed by atoms with Crippen LogP contribution < -0.4 is 0 Å². The maximum absolute atomic E-state index is 12.0. The summed E-state index contributed by atoms with van der Waals surface area (Å²) in [6.45, 7) is 0.104. The SMILES string of the molecule is O=S(=O)(O)c1ccc2c(N=Nc3ccc(CCCOSOOO)cc3S(=O)(=O)O)c(O)c(S(=O)(=O)O)cc2c1. The summed E-state index contributed by atoms with van der Waals surface area (Å²) in [4.78, 5) is -2.38. The fourth-order valence-electron chi connectivity index (χ4n) is 3.30. The molecule has 212 valence electrons. The molecule has 3 aromatic carbocycles. The van der Waals surface area contributed by atoms with E-state index < -0.39 is 62.2 Å². The van der Waals surface area contributed by atoms with Crippen LogP contribution in [0.1, 0.15) is 12.0 Å². The van der Waals surface area contributed by atoms with Crippen LogP contribution in [-0.4, -0.2) is 55.9 Å². The Balaban J connectivity index is 2.07. The fourth-order valence-corrected chi connectivity index (χ4v) is 5.35. The van der Waals surface area contributed by atoms with Crippen LogP contribution in [0.25, 0.3) is 10.8 Å². The Morgan fingerprint density at radius 2 is 1.51 bits per heavy atom. The Bertz CT molecular complexity index is 1740. The van der Waals surface area contributed by atoms with Crippen molar-refractivity contribution < 1.29 is 62.8 Å². The molecule has 0 aliphatic carbocycles. The Morgan fingerprint density at radius 3 is 2.13 bits per heavy atom. The van der Waals surface area contributed by atoms with Gasteiger partial charge in [0.2, 0.25) is 0 Å². The van der Waals surface area contributed by atoms with E-state index in [0.717, 1.165) is 30.3 Å². The van der Waals surface area contributed by atoms with Gasteiger partial charge in [0, 0.05) is 5.39 Å². The molecule has 0 fully saturated rings. The number of azo groups is 1. The number of hydrogen-bond acceptors (Lipinski definition) is 14. The van der Waals surface area contributed by atoms with Crippen molar-refractivity contribution in [1.82, 2.24) is 0 Å². The summed E-state index contributed by atoms with van der Waals surface area (Å²) in [5.41, 5.74) is -0.592. The minimum atomic E-state index is -5.07. The zero-order valence-corrected chi connectivity index (χ0v) is 22.4. The van der Waals surface area contributed by atoms with Crippen LogP contribution in [0.2, 0.25) is 0 Å². The molecule has 3 rings (SSSR count). The van der Waals surface area contributed by atoms with E-state index in [1.807, 2.05) is 0 Å². The molecule has 0 aliphatic heterocycles. The second-order valence-electron chi connectivity index (χ2n) is 7.52. The van der Waals surface area contributed by atoms with E-state index in [2.05, 4.69) is 19.6 Å². The summed E-state index contributed by atoms with van der Waals surface area (Å²) in [6, 6.07) is 7.27. The molecule has 0 saturated heterocycles. The minimum Gasteiger partial charge on any atom is -0.504 e. The van der Waals surface area contributed by atoms with Gasteiger partial charge in [-0.3, -0.25) is 17.8 Å². The summed E-state index contributed by atoms with van der Waals surface area (Å²) in [7, 11) is -14.6. The molecule has 20 heteroatoms. The highest BCUT2D eigenvalue weighted by Crippen LogP contribution is 2.42. The molecule has 0 amide bonds. The third-order valence-corrected chi connectivity index (χ3v) is 7.94. The predicted molar refractivity (Wildman–Crippen MR) is 132 cm³/mol. The van der Waals surface area contributed by atoms with E-state index in [4.69, 9.17) is 9.44 Å². The topological polar surface area (TPSA) is 256 Å².